The van der Waals surface area contributed by atoms with Crippen LogP contribution in [0.2, 0.25) is 0 Å². The number of rotatable bonds is 6. The molecule has 0 fully saturated rings. The Balaban J connectivity index is 2.25. The summed E-state index contributed by atoms with van der Waals surface area (Å²) in [7, 11) is 1.52. The van der Waals surface area contributed by atoms with Crippen molar-refractivity contribution in [2.24, 2.45) is 0 Å². The topological polar surface area (TPSA) is 55.8 Å². The zero-order valence-corrected chi connectivity index (χ0v) is 14.9. The Morgan fingerprint density at radius 2 is 2.08 bits per heavy atom. The SMILES string of the molecule is COc1c(C/C=C(\C)CCC=C(C)C)c(O)cc2c1C(=O)CCO2. The third kappa shape index (κ3) is 4.19. The molecule has 2 rings (SSSR count). The molecule has 4 nitrogen and oxygen atoms in total. The lowest BCUT2D eigenvalue weighted by atomic mass is 9.97. The predicted molar refractivity (Wildman–Crippen MR) is 95.2 cm³/mol. The maximum absolute atomic E-state index is 12.2. The molecule has 4 heteroatoms. The quantitative estimate of drug-likeness (QED) is 0.774. The highest BCUT2D eigenvalue weighted by atomic mass is 16.5. The van der Waals surface area contributed by atoms with Gasteiger partial charge in [-0.3, -0.25) is 4.79 Å². The monoisotopic (exact) mass is 330 g/mol. The van der Waals surface area contributed by atoms with Gasteiger partial charge in [-0.15, -0.1) is 0 Å². The van der Waals surface area contributed by atoms with Crippen LogP contribution in [0, 0.1) is 0 Å². The Morgan fingerprint density at radius 3 is 2.75 bits per heavy atom. The van der Waals surface area contributed by atoms with Crippen molar-refractivity contribution in [3.63, 3.8) is 0 Å². The molecule has 0 aromatic heterocycles. The highest BCUT2D eigenvalue weighted by molar-refractivity contribution is 6.03. The number of ketones is 1. The maximum Gasteiger partial charge on any atom is 0.173 e. The van der Waals surface area contributed by atoms with Crippen molar-refractivity contribution in [2.45, 2.75) is 46.5 Å². The Bertz CT molecular complexity index is 679. The van der Waals surface area contributed by atoms with E-state index in [-0.39, 0.29) is 11.5 Å². The number of benzene rings is 1. The molecule has 24 heavy (non-hydrogen) atoms. The van der Waals surface area contributed by atoms with Crippen LogP contribution in [0.4, 0.5) is 0 Å². The number of fused-ring (bicyclic) bond motifs is 1. The molecule has 1 aromatic carbocycles. The van der Waals surface area contributed by atoms with Crippen molar-refractivity contribution in [1.29, 1.82) is 0 Å². The first kappa shape index (κ1) is 18.1. The van der Waals surface area contributed by atoms with E-state index >= 15 is 0 Å². The normalized spacial score (nSPS) is 14.0. The molecule has 0 saturated carbocycles. The molecule has 0 radical (unpaired) electrons. The van der Waals surface area contributed by atoms with E-state index in [4.69, 9.17) is 9.47 Å². The summed E-state index contributed by atoms with van der Waals surface area (Å²) >= 11 is 0. The number of allylic oxidation sites excluding steroid dienone is 4. The van der Waals surface area contributed by atoms with Crippen molar-refractivity contribution in [2.75, 3.05) is 13.7 Å². The van der Waals surface area contributed by atoms with E-state index in [0.717, 1.165) is 12.8 Å². The number of ether oxygens (including phenoxy) is 2. The Hall–Kier alpha value is -2.23. The highest BCUT2D eigenvalue weighted by Gasteiger charge is 2.27. The summed E-state index contributed by atoms with van der Waals surface area (Å²) in [5, 5.41) is 10.3. The Morgan fingerprint density at radius 1 is 1.33 bits per heavy atom. The Labute approximate surface area is 143 Å². The van der Waals surface area contributed by atoms with Gasteiger partial charge in [0.25, 0.3) is 0 Å². The molecule has 130 valence electrons. The van der Waals surface area contributed by atoms with Crippen LogP contribution in [-0.4, -0.2) is 24.6 Å². The first-order valence-corrected chi connectivity index (χ1v) is 8.31. The van der Waals surface area contributed by atoms with Crippen molar-refractivity contribution in [3.05, 3.63) is 40.5 Å². The largest absolute Gasteiger partial charge is 0.507 e. The third-order valence-corrected chi connectivity index (χ3v) is 4.14. The molecule has 1 aromatic rings. The molecule has 0 unspecified atom stereocenters. The van der Waals surface area contributed by atoms with E-state index in [9.17, 15) is 9.90 Å². The Kier molecular flexibility index (Phi) is 6.07. The summed E-state index contributed by atoms with van der Waals surface area (Å²) in [4.78, 5) is 12.2. The summed E-state index contributed by atoms with van der Waals surface area (Å²) in [6.07, 6.45) is 7.13. The smallest absolute Gasteiger partial charge is 0.173 e. The van der Waals surface area contributed by atoms with Gasteiger partial charge in [0.1, 0.15) is 22.8 Å². The van der Waals surface area contributed by atoms with Gasteiger partial charge in [0.15, 0.2) is 5.78 Å². The van der Waals surface area contributed by atoms with Gasteiger partial charge in [0.2, 0.25) is 0 Å². The molecule has 0 atom stereocenters. The average Bonchev–Trinajstić information content (AvgIpc) is 2.52. The van der Waals surface area contributed by atoms with Crippen LogP contribution in [-0.2, 0) is 6.42 Å². The summed E-state index contributed by atoms with van der Waals surface area (Å²) in [6.45, 7) is 6.61. The number of aromatic hydroxyl groups is 1. The molecule has 0 spiro atoms. The summed E-state index contributed by atoms with van der Waals surface area (Å²) < 4.78 is 10.9. The molecule has 0 bridgehead atoms. The fourth-order valence-corrected chi connectivity index (χ4v) is 2.81. The van der Waals surface area contributed by atoms with Crippen molar-refractivity contribution in [3.8, 4) is 17.2 Å². The van der Waals surface area contributed by atoms with E-state index in [1.54, 1.807) is 0 Å². The van der Waals surface area contributed by atoms with Crippen LogP contribution < -0.4 is 9.47 Å². The van der Waals surface area contributed by atoms with Gasteiger partial charge >= 0.3 is 0 Å². The van der Waals surface area contributed by atoms with E-state index < -0.39 is 0 Å². The molecule has 0 amide bonds. The lowest BCUT2D eigenvalue weighted by Crippen LogP contribution is -2.17. The summed E-state index contributed by atoms with van der Waals surface area (Å²) in [5.74, 6) is 0.948. The first-order chi connectivity index (χ1) is 11.4. The van der Waals surface area contributed by atoms with Crippen LogP contribution in [0.25, 0.3) is 0 Å². The van der Waals surface area contributed by atoms with Crippen LogP contribution in [0.5, 0.6) is 17.2 Å². The maximum atomic E-state index is 12.2. The average molecular weight is 330 g/mol. The molecule has 0 saturated heterocycles. The standard InChI is InChI=1S/C20H26O4/c1-13(2)6-5-7-14(3)8-9-15-17(22)12-18-19(20(15)23-4)16(21)10-11-24-18/h6,8,12,22H,5,7,9-11H2,1-4H3/b14-8+. The van der Waals surface area contributed by atoms with Gasteiger partial charge in [-0.25, -0.2) is 0 Å². The molecule has 0 aliphatic carbocycles. The van der Waals surface area contributed by atoms with Gasteiger partial charge in [0.05, 0.1) is 13.7 Å². The zero-order chi connectivity index (χ0) is 17.7. The van der Waals surface area contributed by atoms with Crippen LogP contribution in [0.1, 0.15) is 56.0 Å². The fraction of sp³-hybridized carbons (Fsp3) is 0.450. The minimum atomic E-state index is -0.00129. The second-order valence-electron chi connectivity index (χ2n) is 6.38. The van der Waals surface area contributed by atoms with E-state index in [2.05, 4.69) is 32.9 Å². The second-order valence-corrected chi connectivity index (χ2v) is 6.38. The molecule has 1 aliphatic heterocycles. The highest BCUT2D eigenvalue weighted by Crippen LogP contribution is 2.41. The summed E-state index contributed by atoms with van der Waals surface area (Å²) in [5.41, 5.74) is 3.65. The number of carbonyl (C=O) groups is 1. The predicted octanol–water partition coefficient (Wildman–Crippen LogP) is 4.60. The number of hydrogen-bond acceptors (Lipinski definition) is 4. The third-order valence-electron chi connectivity index (χ3n) is 4.14. The number of hydrogen-bond donors (Lipinski definition) is 1. The van der Waals surface area contributed by atoms with Crippen molar-refractivity contribution < 1.29 is 19.4 Å². The molecular weight excluding hydrogens is 304 g/mol. The minimum absolute atomic E-state index is 0.00129. The zero-order valence-electron chi connectivity index (χ0n) is 14.9. The van der Waals surface area contributed by atoms with E-state index in [1.807, 2.05) is 0 Å². The molecular formula is C20H26O4. The molecule has 1 heterocycles. The lowest BCUT2D eigenvalue weighted by molar-refractivity contribution is 0.0929. The van der Waals surface area contributed by atoms with Gasteiger partial charge in [0, 0.05) is 18.1 Å². The number of Topliss-reactive ketones (excluding diaryl/α,β-unsaturated/α-hetero) is 1. The van der Waals surface area contributed by atoms with Gasteiger partial charge < -0.3 is 14.6 Å². The number of carbonyl (C=O) groups excluding carboxylic acids is 1. The lowest BCUT2D eigenvalue weighted by Gasteiger charge is -2.21. The van der Waals surface area contributed by atoms with E-state index in [0.29, 0.717) is 42.1 Å². The minimum Gasteiger partial charge on any atom is -0.507 e. The summed E-state index contributed by atoms with van der Waals surface area (Å²) in [6, 6.07) is 1.52. The van der Waals surface area contributed by atoms with Crippen LogP contribution in [0.15, 0.2) is 29.4 Å². The first-order valence-electron chi connectivity index (χ1n) is 8.31. The molecule has 1 aliphatic rings. The van der Waals surface area contributed by atoms with Gasteiger partial charge in [-0.2, -0.15) is 0 Å². The second kappa shape index (κ2) is 8.04. The number of methoxy groups -OCH3 is 1. The van der Waals surface area contributed by atoms with Gasteiger partial charge in [-0.05, 0) is 40.0 Å². The number of phenolic OH excluding ortho intramolecular Hbond substituents is 1. The van der Waals surface area contributed by atoms with Gasteiger partial charge in [-0.1, -0.05) is 23.3 Å². The molecule has 1 N–H and O–H groups in total. The van der Waals surface area contributed by atoms with Crippen molar-refractivity contribution in [1.82, 2.24) is 0 Å². The van der Waals surface area contributed by atoms with E-state index in [1.165, 1.54) is 24.3 Å². The fourth-order valence-electron chi connectivity index (χ4n) is 2.81. The van der Waals surface area contributed by atoms with Crippen molar-refractivity contribution >= 4 is 5.78 Å². The number of phenols is 1. The van der Waals surface area contributed by atoms with Crippen LogP contribution >= 0.6 is 0 Å². The van der Waals surface area contributed by atoms with Crippen LogP contribution in [0.3, 0.4) is 0 Å².